The van der Waals surface area contributed by atoms with Crippen LogP contribution < -0.4 is 9.46 Å². The number of anilines is 1. The maximum atomic E-state index is 12.7. The molecule has 2 rings (SSSR count). The molecule has 0 spiro atoms. The number of hydrogen-bond donors (Lipinski definition) is 1. The molecule has 0 radical (unpaired) electrons. The van der Waals surface area contributed by atoms with Gasteiger partial charge in [0.2, 0.25) is 0 Å². The molecule has 0 aromatic heterocycles. The first-order valence-electron chi connectivity index (χ1n) is 6.53. The summed E-state index contributed by atoms with van der Waals surface area (Å²) in [5.74, 6) is -1.04. The lowest BCUT2D eigenvalue weighted by molar-refractivity contribution is -0.275. The number of halogens is 7. The van der Waals surface area contributed by atoms with Crippen LogP contribution in [0, 0.1) is 0 Å². The smallest absolute Gasteiger partial charge is 0.404 e. The van der Waals surface area contributed by atoms with Gasteiger partial charge in [-0.1, -0.05) is 22.0 Å². The molecule has 0 aliphatic heterocycles. The third-order valence-corrected chi connectivity index (χ3v) is 4.78. The highest BCUT2D eigenvalue weighted by atomic mass is 79.9. The molecule has 0 heterocycles. The van der Waals surface area contributed by atoms with Gasteiger partial charge in [-0.05, 0) is 36.4 Å². The molecule has 2 aromatic rings. The normalized spacial score (nSPS) is 12.7. The summed E-state index contributed by atoms with van der Waals surface area (Å²) in [4.78, 5) is -0.893. The van der Waals surface area contributed by atoms with Crippen molar-refractivity contribution in [3.05, 3.63) is 52.5 Å². The Kier molecular flexibility index (Phi) is 5.47. The highest BCUT2D eigenvalue weighted by molar-refractivity contribution is 9.10. The fourth-order valence-electron chi connectivity index (χ4n) is 1.88. The zero-order chi connectivity index (χ0) is 19.8. The van der Waals surface area contributed by atoms with Crippen LogP contribution in [-0.4, -0.2) is 14.8 Å². The molecule has 0 saturated heterocycles. The lowest BCUT2D eigenvalue weighted by Crippen LogP contribution is -2.21. The maximum absolute atomic E-state index is 12.7. The standard InChI is InChI=1S/C14H8BrF6NO3S/c15-9-4-5-12(11(7-9)25-14(19,20)21)26(23,24)22-10-3-1-2-8(6-10)13(16,17)18/h1-7,22H. The van der Waals surface area contributed by atoms with E-state index in [1.54, 1.807) is 4.72 Å². The average Bonchev–Trinajstić information content (AvgIpc) is 2.44. The number of alkyl halides is 6. The number of rotatable bonds is 4. The molecule has 2 aromatic carbocycles. The molecular formula is C14H8BrF6NO3S. The largest absolute Gasteiger partial charge is 0.573 e. The van der Waals surface area contributed by atoms with Gasteiger partial charge in [-0.3, -0.25) is 4.72 Å². The van der Waals surface area contributed by atoms with Crippen LogP contribution in [0.4, 0.5) is 32.0 Å². The topological polar surface area (TPSA) is 55.4 Å². The number of nitrogens with one attached hydrogen (secondary N) is 1. The van der Waals surface area contributed by atoms with Gasteiger partial charge >= 0.3 is 12.5 Å². The fourth-order valence-corrected chi connectivity index (χ4v) is 3.38. The summed E-state index contributed by atoms with van der Waals surface area (Å²) < 4.78 is 106. The summed E-state index contributed by atoms with van der Waals surface area (Å²) in [7, 11) is -4.66. The number of sulfonamides is 1. The second-order valence-electron chi connectivity index (χ2n) is 4.82. The minimum absolute atomic E-state index is 0.106. The molecule has 0 unspecified atom stereocenters. The van der Waals surface area contributed by atoms with Crippen LogP contribution in [0.1, 0.15) is 5.56 Å². The predicted molar refractivity (Wildman–Crippen MR) is 83.1 cm³/mol. The van der Waals surface area contributed by atoms with E-state index in [2.05, 4.69) is 20.7 Å². The van der Waals surface area contributed by atoms with Crippen LogP contribution in [0.3, 0.4) is 0 Å². The molecule has 0 aliphatic carbocycles. The molecule has 1 N–H and O–H groups in total. The molecule has 12 heteroatoms. The van der Waals surface area contributed by atoms with Crippen LogP contribution in [-0.2, 0) is 16.2 Å². The highest BCUT2D eigenvalue weighted by Crippen LogP contribution is 2.34. The quantitative estimate of drug-likeness (QED) is 0.636. The van der Waals surface area contributed by atoms with Crippen molar-refractivity contribution in [1.82, 2.24) is 0 Å². The molecule has 0 atom stereocenters. The molecule has 142 valence electrons. The van der Waals surface area contributed by atoms with E-state index in [9.17, 15) is 34.8 Å². The average molecular weight is 464 g/mol. The summed E-state index contributed by atoms with van der Waals surface area (Å²) in [6.07, 6.45) is -9.88. The van der Waals surface area contributed by atoms with Crippen molar-refractivity contribution >= 4 is 31.6 Å². The van der Waals surface area contributed by atoms with E-state index in [4.69, 9.17) is 0 Å². The molecule has 0 amide bonds. The minimum atomic E-state index is -5.17. The van der Waals surface area contributed by atoms with Crippen LogP contribution in [0.25, 0.3) is 0 Å². The second-order valence-corrected chi connectivity index (χ2v) is 7.39. The van der Waals surface area contributed by atoms with E-state index >= 15 is 0 Å². The van der Waals surface area contributed by atoms with E-state index in [0.29, 0.717) is 6.07 Å². The van der Waals surface area contributed by atoms with Crippen molar-refractivity contribution in [2.45, 2.75) is 17.4 Å². The van der Waals surface area contributed by atoms with E-state index < -0.39 is 44.5 Å². The van der Waals surface area contributed by atoms with Gasteiger partial charge < -0.3 is 4.74 Å². The van der Waals surface area contributed by atoms with Crippen molar-refractivity contribution < 1.29 is 39.5 Å². The number of hydrogen-bond acceptors (Lipinski definition) is 3. The predicted octanol–water partition coefficient (Wildman–Crippen LogP) is 5.17. The first-order valence-corrected chi connectivity index (χ1v) is 8.81. The van der Waals surface area contributed by atoms with E-state index in [0.717, 1.165) is 36.4 Å². The van der Waals surface area contributed by atoms with E-state index in [1.807, 2.05) is 0 Å². The van der Waals surface area contributed by atoms with Crippen molar-refractivity contribution in [1.29, 1.82) is 0 Å². The van der Waals surface area contributed by atoms with Gasteiger partial charge in [0.1, 0.15) is 4.90 Å². The summed E-state index contributed by atoms with van der Waals surface area (Å²) >= 11 is 2.88. The fraction of sp³-hybridized carbons (Fsp3) is 0.143. The zero-order valence-electron chi connectivity index (χ0n) is 12.3. The summed E-state index contributed by atoms with van der Waals surface area (Å²) in [6, 6.07) is 5.95. The van der Waals surface area contributed by atoms with Gasteiger partial charge in [0, 0.05) is 10.2 Å². The van der Waals surface area contributed by atoms with E-state index in [1.165, 1.54) is 0 Å². The number of benzene rings is 2. The third kappa shape index (κ3) is 5.27. The Balaban J connectivity index is 2.43. The molecule has 0 aliphatic rings. The molecule has 4 nitrogen and oxygen atoms in total. The zero-order valence-corrected chi connectivity index (χ0v) is 14.7. The van der Waals surface area contributed by atoms with Crippen molar-refractivity contribution in [3.8, 4) is 5.75 Å². The van der Waals surface area contributed by atoms with Gasteiger partial charge in [-0.25, -0.2) is 8.42 Å². The lowest BCUT2D eigenvalue weighted by Gasteiger charge is -2.15. The van der Waals surface area contributed by atoms with Crippen LogP contribution >= 0.6 is 15.9 Å². The van der Waals surface area contributed by atoms with Crippen LogP contribution in [0.2, 0.25) is 0 Å². The molecule has 0 bridgehead atoms. The maximum Gasteiger partial charge on any atom is 0.573 e. The molecule has 26 heavy (non-hydrogen) atoms. The van der Waals surface area contributed by atoms with Crippen LogP contribution in [0.15, 0.2) is 51.8 Å². The summed E-state index contributed by atoms with van der Waals surface area (Å²) in [5, 5.41) is 0. The summed E-state index contributed by atoms with van der Waals surface area (Å²) in [5.41, 5.74) is -1.60. The second kappa shape index (κ2) is 6.99. The van der Waals surface area contributed by atoms with Gasteiger partial charge in [0.15, 0.2) is 5.75 Å². The Hall–Kier alpha value is -1.95. The first kappa shape index (κ1) is 20.4. The Morgan fingerprint density at radius 3 is 2.19 bits per heavy atom. The van der Waals surface area contributed by atoms with Gasteiger partial charge in [-0.15, -0.1) is 13.2 Å². The van der Waals surface area contributed by atoms with Crippen molar-refractivity contribution in [2.75, 3.05) is 4.72 Å². The van der Waals surface area contributed by atoms with E-state index in [-0.39, 0.29) is 4.47 Å². The Bertz CT molecular complexity index is 912. The monoisotopic (exact) mass is 463 g/mol. The molecule has 0 saturated carbocycles. The minimum Gasteiger partial charge on any atom is -0.404 e. The van der Waals surface area contributed by atoms with Gasteiger partial charge in [-0.2, -0.15) is 13.2 Å². The number of ether oxygens (including phenoxy) is 1. The van der Waals surface area contributed by atoms with Crippen LogP contribution in [0.5, 0.6) is 5.75 Å². The van der Waals surface area contributed by atoms with Gasteiger partial charge in [0.05, 0.1) is 5.56 Å². The first-order chi connectivity index (χ1) is 11.8. The molecular weight excluding hydrogens is 456 g/mol. The Morgan fingerprint density at radius 1 is 0.962 bits per heavy atom. The molecule has 0 fully saturated rings. The highest BCUT2D eigenvalue weighted by Gasteiger charge is 2.35. The van der Waals surface area contributed by atoms with Crippen molar-refractivity contribution in [2.24, 2.45) is 0 Å². The van der Waals surface area contributed by atoms with Gasteiger partial charge in [0.25, 0.3) is 10.0 Å². The SMILES string of the molecule is O=S(=O)(Nc1cccc(C(F)(F)F)c1)c1ccc(Br)cc1OC(F)(F)F. The Morgan fingerprint density at radius 2 is 1.62 bits per heavy atom. The lowest BCUT2D eigenvalue weighted by atomic mass is 10.2. The summed E-state index contributed by atoms with van der Waals surface area (Å²) in [6.45, 7) is 0. The third-order valence-electron chi connectivity index (χ3n) is 2.86. The Labute approximate surface area is 152 Å². The van der Waals surface area contributed by atoms with Crippen molar-refractivity contribution in [3.63, 3.8) is 0 Å².